The number of nitrogens with one attached hydrogen (secondary N) is 1. The van der Waals surface area contributed by atoms with Crippen molar-refractivity contribution in [3.63, 3.8) is 0 Å². The summed E-state index contributed by atoms with van der Waals surface area (Å²) in [6.07, 6.45) is 5.77. The van der Waals surface area contributed by atoms with Gasteiger partial charge in [-0.05, 0) is 11.6 Å². The highest BCUT2D eigenvalue weighted by molar-refractivity contribution is 5.79. The van der Waals surface area contributed by atoms with Gasteiger partial charge in [0, 0.05) is 25.0 Å². The average Bonchev–Trinajstić information content (AvgIpc) is 2.98. The molecule has 0 fully saturated rings. The van der Waals surface area contributed by atoms with Gasteiger partial charge in [0.15, 0.2) is 0 Å². The molecule has 0 saturated heterocycles. The third-order valence-corrected chi connectivity index (χ3v) is 2.79. The zero-order chi connectivity index (χ0) is 11.7. The monoisotopic (exact) mass is 223 g/mol. The highest BCUT2D eigenvalue weighted by atomic mass is 15.0. The predicted octanol–water partition coefficient (Wildman–Crippen LogP) is 3.08. The average molecular weight is 223 g/mol. The van der Waals surface area contributed by atoms with Crippen LogP contribution in [-0.4, -0.2) is 14.5 Å². The molecule has 0 atom stereocenters. The molecular formula is C14H13N3. The Labute approximate surface area is 99.8 Å². The van der Waals surface area contributed by atoms with Gasteiger partial charge in [-0.25, -0.2) is 4.98 Å². The summed E-state index contributed by atoms with van der Waals surface area (Å²) in [7, 11) is 1.97. The number of benzene rings is 1. The van der Waals surface area contributed by atoms with Crippen LogP contribution in [0.5, 0.6) is 0 Å². The number of H-pyrrole nitrogens is 1. The largest absolute Gasteiger partial charge is 0.359 e. The van der Waals surface area contributed by atoms with Crippen LogP contribution in [0.2, 0.25) is 0 Å². The van der Waals surface area contributed by atoms with Crippen LogP contribution in [0.4, 0.5) is 0 Å². The molecule has 1 N–H and O–H groups in total. The Hall–Kier alpha value is -2.29. The number of hydrogen-bond acceptors (Lipinski definition) is 1. The molecule has 84 valence electrons. The molecule has 0 saturated carbocycles. The van der Waals surface area contributed by atoms with Gasteiger partial charge in [-0.1, -0.05) is 30.3 Å². The third kappa shape index (κ3) is 1.76. The van der Waals surface area contributed by atoms with Gasteiger partial charge in [-0.15, -0.1) is 0 Å². The van der Waals surface area contributed by atoms with Crippen LogP contribution in [0.3, 0.4) is 0 Å². The number of nitrogens with zero attached hydrogens (tertiary/aromatic N) is 2. The van der Waals surface area contributed by atoms with Crippen LogP contribution in [0.15, 0.2) is 55.1 Å². The van der Waals surface area contributed by atoms with Crippen molar-refractivity contribution in [3.05, 3.63) is 55.1 Å². The van der Waals surface area contributed by atoms with E-state index in [0.717, 1.165) is 11.4 Å². The Morgan fingerprint density at radius 3 is 2.65 bits per heavy atom. The van der Waals surface area contributed by atoms with E-state index in [2.05, 4.69) is 28.2 Å². The summed E-state index contributed by atoms with van der Waals surface area (Å²) in [5, 5.41) is 0. The van der Waals surface area contributed by atoms with E-state index in [-0.39, 0.29) is 0 Å². The number of hydrogen-bond donors (Lipinski definition) is 1. The second-order valence-electron chi connectivity index (χ2n) is 4.06. The SMILES string of the molecule is Cn1cnc(-c2[nH]ccc2-c2ccccc2)c1. The van der Waals surface area contributed by atoms with E-state index in [9.17, 15) is 0 Å². The first kappa shape index (κ1) is 9.90. The van der Waals surface area contributed by atoms with Gasteiger partial charge in [0.25, 0.3) is 0 Å². The predicted molar refractivity (Wildman–Crippen MR) is 68.4 cm³/mol. The fourth-order valence-electron chi connectivity index (χ4n) is 1.98. The fraction of sp³-hybridized carbons (Fsp3) is 0.0714. The van der Waals surface area contributed by atoms with Crippen LogP contribution < -0.4 is 0 Å². The van der Waals surface area contributed by atoms with Crippen LogP contribution in [-0.2, 0) is 7.05 Å². The summed E-state index contributed by atoms with van der Waals surface area (Å²) in [5.74, 6) is 0. The highest BCUT2D eigenvalue weighted by Gasteiger charge is 2.09. The molecule has 0 radical (unpaired) electrons. The van der Waals surface area contributed by atoms with Crippen molar-refractivity contribution in [1.82, 2.24) is 14.5 Å². The van der Waals surface area contributed by atoms with E-state index in [0.29, 0.717) is 0 Å². The van der Waals surface area contributed by atoms with Crippen LogP contribution in [0.1, 0.15) is 0 Å². The lowest BCUT2D eigenvalue weighted by atomic mass is 10.1. The van der Waals surface area contributed by atoms with Crippen molar-refractivity contribution in [2.75, 3.05) is 0 Å². The van der Waals surface area contributed by atoms with E-state index < -0.39 is 0 Å². The van der Waals surface area contributed by atoms with Crippen LogP contribution >= 0.6 is 0 Å². The van der Waals surface area contributed by atoms with Gasteiger partial charge in [0.1, 0.15) is 5.69 Å². The van der Waals surface area contributed by atoms with E-state index in [1.807, 2.05) is 48.5 Å². The molecule has 1 aromatic carbocycles. The van der Waals surface area contributed by atoms with Crippen molar-refractivity contribution in [3.8, 4) is 22.5 Å². The molecule has 2 aromatic heterocycles. The Morgan fingerprint density at radius 2 is 1.94 bits per heavy atom. The molecule has 17 heavy (non-hydrogen) atoms. The molecule has 0 bridgehead atoms. The lowest BCUT2D eigenvalue weighted by Gasteiger charge is -2.01. The molecule has 0 aliphatic carbocycles. The summed E-state index contributed by atoms with van der Waals surface area (Å²) in [5.41, 5.74) is 4.42. The van der Waals surface area contributed by atoms with E-state index in [4.69, 9.17) is 0 Å². The third-order valence-electron chi connectivity index (χ3n) is 2.79. The Morgan fingerprint density at radius 1 is 1.12 bits per heavy atom. The number of rotatable bonds is 2. The molecule has 3 nitrogen and oxygen atoms in total. The summed E-state index contributed by atoms with van der Waals surface area (Å²) >= 11 is 0. The van der Waals surface area contributed by atoms with E-state index >= 15 is 0 Å². The maximum atomic E-state index is 4.38. The van der Waals surface area contributed by atoms with Crippen molar-refractivity contribution in [2.24, 2.45) is 7.05 Å². The van der Waals surface area contributed by atoms with Crippen molar-refractivity contribution >= 4 is 0 Å². The Balaban J connectivity index is 2.12. The van der Waals surface area contributed by atoms with Crippen molar-refractivity contribution in [2.45, 2.75) is 0 Å². The minimum atomic E-state index is 0.969. The van der Waals surface area contributed by atoms with E-state index in [1.165, 1.54) is 11.1 Å². The van der Waals surface area contributed by atoms with Gasteiger partial charge in [-0.2, -0.15) is 0 Å². The molecule has 3 rings (SSSR count). The van der Waals surface area contributed by atoms with Crippen molar-refractivity contribution in [1.29, 1.82) is 0 Å². The highest BCUT2D eigenvalue weighted by Crippen LogP contribution is 2.29. The van der Waals surface area contributed by atoms with Gasteiger partial charge in [0.05, 0.1) is 12.0 Å². The zero-order valence-corrected chi connectivity index (χ0v) is 9.59. The molecule has 0 aliphatic heterocycles. The lowest BCUT2D eigenvalue weighted by Crippen LogP contribution is -1.82. The van der Waals surface area contributed by atoms with Crippen molar-refractivity contribution < 1.29 is 0 Å². The van der Waals surface area contributed by atoms with Gasteiger partial charge < -0.3 is 9.55 Å². The second kappa shape index (κ2) is 3.94. The number of aromatic amines is 1. The van der Waals surface area contributed by atoms with Gasteiger partial charge >= 0.3 is 0 Å². The maximum Gasteiger partial charge on any atom is 0.105 e. The Bertz CT molecular complexity index is 620. The Kier molecular flexibility index (Phi) is 2.29. The molecule has 0 unspecified atom stereocenters. The summed E-state index contributed by atoms with van der Waals surface area (Å²) in [6, 6.07) is 12.4. The first-order chi connectivity index (χ1) is 8.34. The van der Waals surface area contributed by atoms with Crippen LogP contribution in [0.25, 0.3) is 22.5 Å². The minimum Gasteiger partial charge on any atom is -0.359 e. The molecule has 0 aliphatic rings. The minimum absolute atomic E-state index is 0.969. The molecule has 0 amide bonds. The summed E-state index contributed by atoms with van der Waals surface area (Å²) < 4.78 is 1.95. The van der Waals surface area contributed by atoms with E-state index in [1.54, 1.807) is 0 Å². The number of imidazole rings is 1. The molecule has 3 heteroatoms. The topological polar surface area (TPSA) is 33.6 Å². The summed E-state index contributed by atoms with van der Waals surface area (Å²) in [4.78, 5) is 7.63. The summed E-state index contributed by atoms with van der Waals surface area (Å²) in [6.45, 7) is 0. The quantitative estimate of drug-likeness (QED) is 0.711. The van der Waals surface area contributed by atoms with Gasteiger partial charge in [0.2, 0.25) is 0 Å². The molecule has 2 heterocycles. The second-order valence-corrected chi connectivity index (χ2v) is 4.06. The van der Waals surface area contributed by atoms with Crippen LogP contribution in [0, 0.1) is 0 Å². The smallest absolute Gasteiger partial charge is 0.105 e. The van der Waals surface area contributed by atoms with Gasteiger partial charge in [-0.3, -0.25) is 0 Å². The first-order valence-electron chi connectivity index (χ1n) is 5.56. The molecular weight excluding hydrogens is 210 g/mol. The maximum absolute atomic E-state index is 4.38. The fourth-order valence-corrected chi connectivity index (χ4v) is 1.98. The molecule has 0 spiro atoms. The lowest BCUT2D eigenvalue weighted by molar-refractivity contribution is 0.913. The molecule has 3 aromatic rings. The zero-order valence-electron chi connectivity index (χ0n) is 9.59. The normalized spacial score (nSPS) is 10.6. The standard InChI is InChI=1S/C14H13N3/c1-17-9-13(16-10-17)14-12(7-8-15-14)11-5-3-2-4-6-11/h2-10,15H,1H3. The first-order valence-corrected chi connectivity index (χ1v) is 5.56. The number of aromatic nitrogens is 3. The number of aryl methyl sites for hydroxylation is 1.